The van der Waals surface area contributed by atoms with E-state index in [1.165, 1.54) is 0 Å². The first-order valence-electron chi connectivity index (χ1n) is 7.10. The number of nitrogens with two attached hydrogens (primary N) is 1. The Hall–Kier alpha value is -1.12. The van der Waals surface area contributed by atoms with E-state index in [-0.39, 0.29) is 12.5 Å². The molecule has 1 aliphatic rings. The highest BCUT2D eigenvalue weighted by molar-refractivity contribution is 7.89. The zero-order valence-electron chi connectivity index (χ0n) is 12.2. The van der Waals surface area contributed by atoms with E-state index in [0.29, 0.717) is 18.6 Å². The molecule has 4 nitrogen and oxygen atoms in total. The van der Waals surface area contributed by atoms with Gasteiger partial charge in [0, 0.05) is 12.1 Å². The predicted octanol–water partition coefficient (Wildman–Crippen LogP) is 2.29. The summed E-state index contributed by atoms with van der Waals surface area (Å²) in [6.07, 6.45) is 3.16. The van der Waals surface area contributed by atoms with E-state index < -0.39 is 37.9 Å². The lowest BCUT2D eigenvalue weighted by Crippen LogP contribution is -2.58. The van der Waals surface area contributed by atoms with Crippen LogP contribution in [0, 0.1) is 23.4 Å². The minimum absolute atomic E-state index is 0.00355. The molecule has 1 saturated carbocycles. The molecule has 0 heterocycles. The highest BCUT2D eigenvalue weighted by Crippen LogP contribution is 2.34. The molecule has 0 aliphatic heterocycles. The first kappa shape index (κ1) is 17.2. The normalized spacial score (nSPS) is 26.1. The van der Waals surface area contributed by atoms with Crippen molar-refractivity contribution in [2.24, 2.45) is 11.7 Å². The van der Waals surface area contributed by atoms with E-state index in [4.69, 9.17) is 5.73 Å². The van der Waals surface area contributed by atoms with Crippen LogP contribution in [-0.2, 0) is 10.0 Å². The molecule has 3 N–H and O–H groups in total. The smallest absolute Gasteiger partial charge is 0.241 e. The van der Waals surface area contributed by atoms with Crippen LogP contribution in [0.15, 0.2) is 17.0 Å². The predicted molar refractivity (Wildman–Crippen MR) is 76.1 cm³/mol. The summed E-state index contributed by atoms with van der Waals surface area (Å²) in [6.45, 7) is 1.97. The maximum Gasteiger partial charge on any atom is 0.241 e. The fourth-order valence-electron chi connectivity index (χ4n) is 2.92. The summed E-state index contributed by atoms with van der Waals surface area (Å²) in [6, 6.07) is 0.941. The summed E-state index contributed by atoms with van der Waals surface area (Å²) in [5.41, 5.74) is 4.91. The minimum Gasteiger partial charge on any atom is -0.329 e. The highest BCUT2D eigenvalue weighted by atomic mass is 32.2. The second-order valence-corrected chi connectivity index (χ2v) is 7.50. The highest BCUT2D eigenvalue weighted by Gasteiger charge is 2.40. The molecular formula is C14H19F3N2O2S. The third kappa shape index (κ3) is 3.13. The quantitative estimate of drug-likeness (QED) is 0.829. The van der Waals surface area contributed by atoms with Crippen LogP contribution in [-0.4, -0.2) is 20.5 Å². The van der Waals surface area contributed by atoms with Gasteiger partial charge in [-0.05, 0) is 30.9 Å². The van der Waals surface area contributed by atoms with Crippen molar-refractivity contribution in [2.45, 2.75) is 43.0 Å². The molecule has 1 aromatic carbocycles. The van der Waals surface area contributed by atoms with Crippen LogP contribution < -0.4 is 10.5 Å². The van der Waals surface area contributed by atoms with E-state index in [9.17, 15) is 21.6 Å². The van der Waals surface area contributed by atoms with Gasteiger partial charge in [-0.3, -0.25) is 0 Å². The van der Waals surface area contributed by atoms with E-state index in [1.54, 1.807) is 0 Å². The summed E-state index contributed by atoms with van der Waals surface area (Å²) in [7, 11) is -4.20. The molecule has 22 heavy (non-hydrogen) atoms. The Balaban J connectivity index is 2.38. The van der Waals surface area contributed by atoms with Crippen LogP contribution in [0.1, 0.15) is 32.6 Å². The molecule has 2 unspecified atom stereocenters. The van der Waals surface area contributed by atoms with Gasteiger partial charge < -0.3 is 5.73 Å². The van der Waals surface area contributed by atoms with Crippen LogP contribution in [0.25, 0.3) is 0 Å². The average Bonchev–Trinajstić information content (AvgIpc) is 2.46. The molecule has 0 radical (unpaired) electrons. The van der Waals surface area contributed by atoms with E-state index >= 15 is 0 Å². The number of hydrogen-bond donors (Lipinski definition) is 2. The minimum atomic E-state index is -4.20. The van der Waals surface area contributed by atoms with Gasteiger partial charge in [-0.25, -0.2) is 26.3 Å². The first-order valence-corrected chi connectivity index (χ1v) is 8.59. The molecule has 8 heteroatoms. The van der Waals surface area contributed by atoms with Gasteiger partial charge in [0.2, 0.25) is 10.0 Å². The van der Waals surface area contributed by atoms with Crippen molar-refractivity contribution in [1.29, 1.82) is 0 Å². The van der Waals surface area contributed by atoms with Crippen LogP contribution in [0.2, 0.25) is 0 Å². The molecule has 2 atom stereocenters. The lowest BCUT2D eigenvalue weighted by molar-refractivity contribution is 0.191. The van der Waals surface area contributed by atoms with E-state index in [2.05, 4.69) is 4.72 Å². The number of halogens is 3. The fraction of sp³-hybridized carbons (Fsp3) is 0.571. The Morgan fingerprint density at radius 2 is 1.86 bits per heavy atom. The number of hydrogen-bond acceptors (Lipinski definition) is 3. The number of nitrogens with one attached hydrogen (secondary N) is 1. The summed E-state index contributed by atoms with van der Waals surface area (Å²) >= 11 is 0. The molecule has 1 aliphatic carbocycles. The molecule has 1 fully saturated rings. The molecule has 0 saturated heterocycles. The maximum absolute atomic E-state index is 13.3. The van der Waals surface area contributed by atoms with Gasteiger partial charge in [0.15, 0.2) is 17.5 Å². The zero-order chi connectivity index (χ0) is 16.5. The van der Waals surface area contributed by atoms with Crippen molar-refractivity contribution in [3.63, 3.8) is 0 Å². The zero-order valence-corrected chi connectivity index (χ0v) is 13.0. The SMILES string of the molecule is CC1CCCCC1(CN)NS(=O)(=O)c1cc(F)c(F)c(F)c1. The number of sulfonamides is 1. The van der Waals surface area contributed by atoms with Gasteiger partial charge in [0.25, 0.3) is 0 Å². The van der Waals surface area contributed by atoms with Gasteiger partial charge in [-0.15, -0.1) is 0 Å². The van der Waals surface area contributed by atoms with Crippen molar-refractivity contribution in [1.82, 2.24) is 4.72 Å². The lowest BCUT2D eigenvalue weighted by atomic mass is 9.74. The van der Waals surface area contributed by atoms with Gasteiger partial charge in [0.05, 0.1) is 4.90 Å². The van der Waals surface area contributed by atoms with Gasteiger partial charge in [-0.2, -0.15) is 0 Å². The standard InChI is InChI=1S/C14H19F3N2O2S/c1-9-4-2-3-5-14(9,8-18)19-22(20,21)10-6-11(15)13(17)12(16)7-10/h6-7,9,19H,2-5,8,18H2,1H3. The van der Waals surface area contributed by atoms with Gasteiger partial charge >= 0.3 is 0 Å². The summed E-state index contributed by atoms with van der Waals surface area (Å²) in [4.78, 5) is -0.644. The fourth-order valence-corrected chi connectivity index (χ4v) is 4.48. The molecule has 124 valence electrons. The molecule has 1 aromatic rings. The summed E-state index contributed by atoms with van der Waals surface area (Å²) in [5, 5.41) is 0. The number of rotatable bonds is 4. The topological polar surface area (TPSA) is 72.2 Å². The largest absolute Gasteiger partial charge is 0.329 e. The van der Waals surface area contributed by atoms with Crippen LogP contribution in [0.3, 0.4) is 0 Å². The second kappa shape index (κ2) is 6.17. The molecule has 0 spiro atoms. The van der Waals surface area contributed by atoms with Crippen LogP contribution >= 0.6 is 0 Å². The van der Waals surface area contributed by atoms with Gasteiger partial charge in [0.1, 0.15) is 0 Å². The van der Waals surface area contributed by atoms with E-state index in [1.807, 2.05) is 6.92 Å². The summed E-state index contributed by atoms with van der Waals surface area (Å²) < 4.78 is 66.8. The van der Waals surface area contributed by atoms with Crippen molar-refractivity contribution in [2.75, 3.05) is 6.54 Å². The van der Waals surface area contributed by atoms with Crippen LogP contribution in [0.5, 0.6) is 0 Å². The first-order chi connectivity index (χ1) is 10.2. The Kier molecular flexibility index (Phi) is 4.84. The maximum atomic E-state index is 13.3. The Bertz CT molecular complexity index is 643. The van der Waals surface area contributed by atoms with Crippen molar-refractivity contribution >= 4 is 10.0 Å². The Labute approximate surface area is 127 Å². The average molecular weight is 336 g/mol. The second-order valence-electron chi connectivity index (χ2n) is 5.81. The van der Waals surface area contributed by atoms with Crippen LogP contribution in [0.4, 0.5) is 13.2 Å². The monoisotopic (exact) mass is 336 g/mol. The molecule has 0 amide bonds. The van der Waals surface area contributed by atoms with E-state index in [0.717, 1.165) is 19.3 Å². The molecule has 0 aromatic heterocycles. The Morgan fingerprint density at radius 3 is 2.36 bits per heavy atom. The van der Waals surface area contributed by atoms with Crippen molar-refractivity contribution in [3.8, 4) is 0 Å². The number of benzene rings is 1. The lowest BCUT2D eigenvalue weighted by Gasteiger charge is -2.42. The summed E-state index contributed by atoms with van der Waals surface area (Å²) in [5.74, 6) is -4.78. The van der Waals surface area contributed by atoms with Crippen molar-refractivity contribution < 1.29 is 21.6 Å². The third-order valence-corrected chi connectivity index (χ3v) is 5.95. The van der Waals surface area contributed by atoms with Gasteiger partial charge in [-0.1, -0.05) is 19.8 Å². The molecular weight excluding hydrogens is 317 g/mol. The molecule has 0 bridgehead atoms. The Morgan fingerprint density at radius 1 is 1.27 bits per heavy atom. The van der Waals surface area contributed by atoms with Crippen molar-refractivity contribution in [3.05, 3.63) is 29.6 Å². The third-order valence-electron chi connectivity index (χ3n) is 4.42. The molecule has 2 rings (SSSR count).